The van der Waals surface area contributed by atoms with Crippen molar-refractivity contribution < 1.29 is 19.7 Å². The quantitative estimate of drug-likeness (QED) is 0.612. The van der Waals surface area contributed by atoms with E-state index in [0.29, 0.717) is 0 Å². The number of carbonyl (C=O) groups is 1. The Bertz CT molecular complexity index is 188. The summed E-state index contributed by atoms with van der Waals surface area (Å²) in [6.07, 6.45) is 0. The summed E-state index contributed by atoms with van der Waals surface area (Å²) >= 11 is 22.0. The molecule has 0 unspecified atom stereocenters. The normalized spacial score (nSPS) is 11.5. The van der Waals surface area contributed by atoms with Gasteiger partial charge in [0.2, 0.25) is 4.33 Å². The first-order chi connectivity index (χ1) is 6.65. The Balaban J connectivity index is 0. The zero-order chi connectivity index (χ0) is 12.7. The number of aliphatic hydroxyl groups is 2. The van der Waals surface area contributed by atoms with Crippen LogP contribution in [0.2, 0.25) is 0 Å². The zero-order valence-corrected chi connectivity index (χ0v) is 11.2. The van der Waals surface area contributed by atoms with Gasteiger partial charge < -0.3 is 14.9 Å². The fourth-order valence-corrected chi connectivity index (χ4v) is 0.616. The number of hydrogen-bond acceptors (Lipinski definition) is 4. The average molecular weight is 302 g/mol. The van der Waals surface area contributed by atoms with E-state index in [1.54, 1.807) is 0 Å². The molecule has 0 radical (unpaired) electrons. The van der Waals surface area contributed by atoms with Crippen LogP contribution in [0.25, 0.3) is 0 Å². The summed E-state index contributed by atoms with van der Waals surface area (Å²) in [5.74, 6) is -0.881. The van der Waals surface area contributed by atoms with Crippen LogP contribution in [-0.4, -0.2) is 45.2 Å². The van der Waals surface area contributed by atoms with Crippen molar-refractivity contribution in [2.45, 2.75) is 15.6 Å². The van der Waals surface area contributed by atoms with E-state index in [4.69, 9.17) is 56.6 Å². The molecule has 0 bridgehead atoms. The molecule has 0 aliphatic carbocycles. The van der Waals surface area contributed by atoms with Gasteiger partial charge in [-0.2, -0.15) is 0 Å². The van der Waals surface area contributed by atoms with E-state index in [1.807, 2.05) is 0 Å². The highest BCUT2D eigenvalue weighted by molar-refractivity contribution is 6.68. The van der Waals surface area contributed by atoms with Crippen LogP contribution in [0.1, 0.15) is 6.92 Å². The molecule has 0 amide bonds. The molecule has 4 nitrogen and oxygen atoms in total. The van der Waals surface area contributed by atoms with Crippen LogP contribution >= 0.6 is 46.4 Å². The molecule has 0 aromatic carbocycles. The molecule has 0 heterocycles. The smallest absolute Gasteiger partial charge is 0.345 e. The second-order valence-electron chi connectivity index (χ2n) is 2.40. The van der Waals surface area contributed by atoms with Gasteiger partial charge in [-0.05, 0) is 6.92 Å². The Labute approximate surface area is 108 Å². The van der Waals surface area contributed by atoms with E-state index in [9.17, 15) is 4.79 Å². The van der Waals surface area contributed by atoms with E-state index in [2.05, 4.69) is 4.74 Å². The van der Waals surface area contributed by atoms with Crippen molar-refractivity contribution in [2.75, 3.05) is 20.3 Å². The number of methoxy groups -OCH3 is 1. The predicted octanol–water partition coefficient (Wildman–Crippen LogP) is 1.50. The maximum atomic E-state index is 10.8. The van der Waals surface area contributed by atoms with Gasteiger partial charge in [0, 0.05) is 0 Å². The van der Waals surface area contributed by atoms with E-state index >= 15 is 0 Å². The van der Waals surface area contributed by atoms with Gasteiger partial charge in [0.1, 0.15) is 0 Å². The van der Waals surface area contributed by atoms with E-state index in [-0.39, 0.29) is 13.2 Å². The first-order valence-electron chi connectivity index (χ1n) is 3.70. The third-order valence-electron chi connectivity index (χ3n) is 1.09. The third-order valence-corrected chi connectivity index (χ3v) is 3.11. The van der Waals surface area contributed by atoms with Crippen molar-refractivity contribution in [2.24, 2.45) is 0 Å². The van der Waals surface area contributed by atoms with Crippen LogP contribution in [0.5, 0.6) is 0 Å². The maximum absolute atomic E-state index is 10.8. The maximum Gasteiger partial charge on any atom is 0.345 e. The zero-order valence-electron chi connectivity index (χ0n) is 8.14. The molecule has 0 saturated carbocycles. The monoisotopic (exact) mass is 300 g/mol. The molecule has 15 heavy (non-hydrogen) atoms. The topological polar surface area (TPSA) is 66.8 Å². The molecule has 0 aromatic heterocycles. The van der Waals surface area contributed by atoms with Gasteiger partial charge in [-0.3, -0.25) is 0 Å². The predicted molar refractivity (Wildman–Crippen MR) is 60.7 cm³/mol. The number of ether oxygens (including phenoxy) is 1. The fraction of sp³-hybridized carbons (Fsp3) is 0.857. The summed E-state index contributed by atoms with van der Waals surface area (Å²) in [6.45, 7) is 1.05. The summed E-state index contributed by atoms with van der Waals surface area (Å²) in [5.41, 5.74) is 0. The number of halogens is 4. The molecule has 0 aliphatic heterocycles. The van der Waals surface area contributed by atoms with Crippen LogP contribution in [-0.2, 0) is 9.53 Å². The second-order valence-corrected chi connectivity index (χ2v) is 5.43. The lowest BCUT2D eigenvalue weighted by Gasteiger charge is -2.25. The molecule has 92 valence electrons. The Kier molecular flexibility index (Phi) is 9.28. The number of aliphatic hydroxyl groups excluding tert-OH is 2. The van der Waals surface area contributed by atoms with Gasteiger partial charge in [0.15, 0.2) is 4.33 Å². The number of hydrogen-bond donors (Lipinski definition) is 2. The molecule has 0 spiro atoms. The van der Waals surface area contributed by atoms with Crippen molar-refractivity contribution in [3.05, 3.63) is 0 Å². The number of alkyl halides is 4. The van der Waals surface area contributed by atoms with Gasteiger partial charge >= 0.3 is 5.97 Å². The van der Waals surface area contributed by atoms with Crippen LogP contribution in [0.3, 0.4) is 0 Å². The fourth-order valence-electron chi connectivity index (χ4n) is 0.307. The Morgan fingerprint density at radius 2 is 1.53 bits per heavy atom. The van der Waals surface area contributed by atoms with E-state index in [0.717, 1.165) is 7.11 Å². The second kappa shape index (κ2) is 7.76. The molecular weight excluding hydrogens is 290 g/mol. The molecule has 0 fully saturated rings. The minimum atomic E-state index is -1.94. The first-order valence-corrected chi connectivity index (χ1v) is 5.22. The van der Waals surface area contributed by atoms with Gasteiger partial charge in [-0.15, -0.1) is 0 Å². The number of esters is 1. The molecule has 0 atom stereocenters. The van der Waals surface area contributed by atoms with Gasteiger partial charge in [-0.1, -0.05) is 46.4 Å². The minimum absolute atomic E-state index is 0.125. The van der Waals surface area contributed by atoms with Gasteiger partial charge in [0.25, 0.3) is 0 Å². The Morgan fingerprint density at radius 3 is 1.60 bits per heavy atom. The van der Waals surface area contributed by atoms with Crippen molar-refractivity contribution in [3.63, 3.8) is 0 Å². The highest BCUT2D eigenvalue weighted by Crippen LogP contribution is 2.42. The molecule has 2 N–H and O–H groups in total. The summed E-state index contributed by atoms with van der Waals surface area (Å²) in [6, 6.07) is 0. The standard InChI is InChI=1S/C5H6Cl4O2.C2H6O2/c1-4(6,7)5(8,9)3(10)11-2;3-1-2-4/h1-2H3;3-4H,1-2H2. The molecule has 8 heteroatoms. The molecule has 0 aliphatic rings. The summed E-state index contributed by atoms with van der Waals surface area (Å²) < 4.78 is 0.750. The molecule has 0 saturated heterocycles. The van der Waals surface area contributed by atoms with Crippen LogP contribution in [0.15, 0.2) is 0 Å². The molecule has 0 rings (SSSR count). The van der Waals surface area contributed by atoms with Crippen LogP contribution in [0.4, 0.5) is 0 Å². The Morgan fingerprint density at radius 1 is 1.20 bits per heavy atom. The minimum Gasteiger partial charge on any atom is -0.467 e. The summed E-state index contributed by atoms with van der Waals surface area (Å²) in [4.78, 5) is 10.8. The summed E-state index contributed by atoms with van der Waals surface area (Å²) in [7, 11) is 1.14. The van der Waals surface area contributed by atoms with Gasteiger partial charge in [0.05, 0.1) is 20.3 Å². The van der Waals surface area contributed by atoms with Crippen molar-refractivity contribution in [1.82, 2.24) is 0 Å². The van der Waals surface area contributed by atoms with Crippen molar-refractivity contribution in [3.8, 4) is 0 Å². The highest BCUT2D eigenvalue weighted by Gasteiger charge is 2.51. The molecular formula is C7H12Cl4O4. The average Bonchev–Trinajstić information content (AvgIpc) is 2.15. The number of carbonyl (C=O) groups excluding carboxylic acids is 1. The van der Waals surface area contributed by atoms with E-state index in [1.165, 1.54) is 6.92 Å². The lowest BCUT2D eigenvalue weighted by atomic mass is 10.3. The lowest BCUT2D eigenvalue weighted by molar-refractivity contribution is -0.141. The lowest BCUT2D eigenvalue weighted by Crippen LogP contribution is -2.42. The molecule has 0 aromatic rings. The third kappa shape index (κ3) is 6.66. The van der Waals surface area contributed by atoms with Crippen LogP contribution < -0.4 is 0 Å². The number of rotatable bonds is 3. The summed E-state index contributed by atoms with van der Waals surface area (Å²) in [5, 5.41) is 15.2. The highest BCUT2D eigenvalue weighted by atomic mass is 35.5. The van der Waals surface area contributed by atoms with Gasteiger partial charge in [-0.25, -0.2) is 4.79 Å². The largest absolute Gasteiger partial charge is 0.467 e. The first kappa shape index (κ1) is 17.9. The Hall–Kier alpha value is 0.550. The van der Waals surface area contributed by atoms with Crippen molar-refractivity contribution >= 4 is 52.4 Å². The SMILES string of the molecule is COC(=O)C(Cl)(Cl)C(C)(Cl)Cl.OCCO. The van der Waals surface area contributed by atoms with Crippen molar-refractivity contribution in [1.29, 1.82) is 0 Å². The van der Waals surface area contributed by atoms with E-state index < -0.39 is 14.6 Å². The van der Waals surface area contributed by atoms with Crippen LogP contribution in [0, 0.1) is 0 Å².